The minimum atomic E-state index is -1.17. The van der Waals surface area contributed by atoms with Crippen LogP contribution in [0.3, 0.4) is 0 Å². The lowest BCUT2D eigenvalue weighted by atomic mass is 10.1. The van der Waals surface area contributed by atoms with Gasteiger partial charge in [-0.3, -0.25) is 9.79 Å². The topological polar surface area (TPSA) is 177 Å². The Morgan fingerprint density at radius 3 is 2.17 bits per heavy atom. The number of esters is 1. The van der Waals surface area contributed by atoms with Crippen LogP contribution in [-0.4, -0.2) is 46.6 Å². The van der Waals surface area contributed by atoms with Gasteiger partial charge in [0, 0.05) is 12.1 Å². The molecule has 0 heterocycles. The molecule has 1 unspecified atom stereocenters. The van der Waals surface area contributed by atoms with Gasteiger partial charge in [-0.05, 0) is 61.4 Å². The summed E-state index contributed by atoms with van der Waals surface area (Å²) in [6.07, 6.45) is 0.529. The number of rotatable bonds is 9. The largest absolute Gasteiger partial charge is 0.508 e. The number of aromatic hydroxyl groups is 1. The second-order valence-corrected chi connectivity index (χ2v) is 6.27. The maximum atomic E-state index is 12.3. The number of carboxylic acids is 1. The third-order valence-corrected chi connectivity index (χ3v) is 3.98. The first-order valence-corrected chi connectivity index (χ1v) is 8.96. The van der Waals surface area contributed by atoms with E-state index < -0.39 is 23.9 Å². The van der Waals surface area contributed by atoms with Gasteiger partial charge in [-0.1, -0.05) is 0 Å². The molecule has 2 aromatic carbocycles. The van der Waals surface area contributed by atoms with Crippen molar-refractivity contribution < 1.29 is 29.3 Å². The number of hydrogen-bond donors (Lipinski definition) is 5. The van der Waals surface area contributed by atoms with Crippen LogP contribution >= 0.6 is 0 Å². The third-order valence-electron chi connectivity index (χ3n) is 3.98. The summed E-state index contributed by atoms with van der Waals surface area (Å²) in [5.74, 6) is -2.24. The van der Waals surface area contributed by atoms with Gasteiger partial charge in [-0.15, -0.1) is 0 Å². The van der Waals surface area contributed by atoms with Gasteiger partial charge in [0.25, 0.3) is 5.91 Å². The Morgan fingerprint density at radius 2 is 1.60 bits per heavy atom. The Bertz CT molecular complexity index is 921. The number of nitrogens with one attached hydrogen (secondary N) is 1. The zero-order chi connectivity index (χ0) is 22.1. The van der Waals surface area contributed by atoms with E-state index in [4.69, 9.17) is 16.2 Å². The van der Waals surface area contributed by atoms with Gasteiger partial charge in [0.15, 0.2) is 5.96 Å². The van der Waals surface area contributed by atoms with Crippen LogP contribution in [-0.2, 0) is 4.79 Å². The molecule has 0 aliphatic carbocycles. The van der Waals surface area contributed by atoms with Crippen LogP contribution in [0.1, 0.15) is 33.6 Å². The van der Waals surface area contributed by atoms with Crippen molar-refractivity contribution in [1.29, 1.82) is 0 Å². The lowest BCUT2D eigenvalue weighted by Gasteiger charge is -2.14. The number of carboxylic acid groups (broad SMARTS) is 1. The van der Waals surface area contributed by atoms with E-state index >= 15 is 0 Å². The molecule has 10 nitrogen and oxygen atoms in total. The number of aliphatic imine (C=N–C) groups is 1. The van der Waals surface area contributed by atoms with Gasteiger partial charge in [-0.25, -0.2) is 9.59 Å². The van der Waals surface area contributed by atoms with Crippen molar-refractivity contribution in [3.05, 3.63) is 59.7 Å². The normalized spacial score (nSPS) is 11.2. The second-order valence-electron chi connectivity index (χ2n) is 6.27. The lowest BCUT2D eigenvalue weighted by Crippen LogP contribution is -2.40. The van der Waals surface area contributed by atoms with Crippen molar-refractivity contribution in [2.45, 2.75) is 18.9 Å². The molecule has 7 N–H and O–H groups in total. The van der Waals surface area contributed by atoms with Crippen LogP contribution in [0.2, 0.25) is 0 Å². The van der Waals surface area contributed by atoms with Gasteiger partial charge in [-0.2, -0.15) is 0 Å². The second kappa shape index (κ2) is 10.5. The van der Waals surface area contributed by atoms with Crippen LogP contribution in [0.15, 0.2) is 53.5 Å². The van der Waals surface area contributed by atoms with Crippen LogP contribution in [0.4, 0.5) is 0 Å². The van der Waals surface area contributed by atoms with Crippen LogP contribution in [0.25, 0.3) is 0 Å². The molecular weight excluding hydrogens is 392 g/mol. The number of ether oxygens (including phenoxy) is 1. The zero-order valence-corrected chi connectivity index (χ0v) is 15.9. The number of nitrogens with zero attached hydrogens (tertiary/aromatic N) is 1. The number of carbonyl (C=O) groups is 3. The molecule has 2 aromatic rings. The SMILES string of the molecule is NC(N)=NCCCC(NC(=O)c1ccc(OC(=O)c2ccc(O)cc2)cc1)C(=O)O. The minimum absolute atomic E-state index is 0.0258. The molecular formula is C20H22N4O6. The summed E-state index contributed by atoms with van der Waals surface area (Å²) < 4.78 is 5.20. The third kappa shape index (κ3) is 6.82. The maximum absolute atomic E-state index is 12.3. The highest BCUT2D eigenvalue weighted by Crippen LogP contribution is 2.16. The number of hydrogen-bond acceptors (Lipinski definition) is 6. The Kier molecular flexibility index (Phi) is 7.74. The van der Waals surface area contributed by atoms with Gasteiger partial charge in [0.1, 0.15) is 17.5 Å². The first-order valence-electron chi connectivity index (χ1n) is 8.96. The van der Waals surface area contributed by atoms with Crippen molar-refractivity contribution in [2.24, 2.45) is 16.5 Å². The number of phenols is 1. The molecule has 2 rings (SSSR count). The molecule has 30 heavy (non-hydrogen) atoms. The Labute approximate surface area is 172 Å². The molecule has 0 saturated heterocycles. The molecule has 0 aromatic heterocycles. The van der Waals surface area contributed by atoms with Crippen molar-refractivity contribution in [1.82, 2.24) is 5.32 Å². The smallest absolute Gasteiger partial charge is 0.343 e. The van der Waals surface area contributed by atoms with Crippen molar-refractivity contribution in [3.8, 4) is 11.5 Å². The number of guanidine groups is 1. The van der Waals surface area contributed by atoms with E-state index in [9.17, 15) is 24.6 Å². The quantitative estimate of drug-likeness (QED) is 0.132. The first-order chi connectivity index (χ1) is 14.3. The molecule has 0 bridgehead atoms. The molecule has 0 aliphatic rings. The fourth-order valence-corrected chi connectivity index (χ4v) is 2.44. The van der Waals surface area contributed by atoms with E-state index in [0.29, 0.717) is 6.42 Å². The molecule has 0 saturated carbocycles. The average Bonchev–Trinajstić information content (AvgIpc) is 2.70. The average molecular weight is 414 g/mol. The summed E-state index contributed by atoms with van der Waals surface area (Å²) in [5, 5.41) is 21.0. The fourth-order valence-electron chi connectivity index (χ4n) is 2.44. The fraction of sp³-hybridized carbons (Fsp3) is 0.200. The van der Waals surface area contributed by atoms with Crippen molar-refractivity contribution in [2.75, 3.05) is 6.54 Å². The molecule has 1 amide bonds. The Morgan fingerprint density at radius 1 is 1.00 bits per heavy atom. The summed E-state index contributed by atoms with van der Waals surface area (Å²) in [6, 6.07) is 10.1. The number of amides is 1. The zero-order valence-electron chi connectivity index (χ0n) is 15.9. The minimum Gasteiger partial charge on any atom is -0.508 e. The summed E-state index contributed by atoms with van der Waals surface area (Å²) in [6.45, 7) is 0.253. The highest BCUT2D eigenvalue weighted by atomic mass is 16.5. The number of aliphatic carboxylic acids is 1. The van der Waals surface area contributed by atoms with Gasteiger partial charge < -0.3 is 31.7 Å². The molecule has 0 spiro atoms. The highest BCUT2D eigenvalue weighted by molar-refractivity contribution is 5.97. The van der Waals surface area contributed by atoms with Crippen molar-refractivity contribution in [3.63, 3.8) is 0 Å². The molecule has 10 heteroatoms. The van der Waals surface area contributed by atoms with Gasteiger partial charge >= 0.3 is 11.9 Å². The van der Waals surface area contributed by atoms with E-state index in [0.717, 1.165) is 0 Å². The van der Waals surface area contributed by atoms with E-state index in [1.807, 2.05) is 0 Å². The summed E-state index contributed by atoms with van der Waals surface area (Å²) in [5.41, 5.74) is 10.9. The number of benzene rings is 2. The van der Waals surface area contributed by atoms with Gasteiger partial charge in [0.2, 0.25) is 0 Å². The van der Waals surface area contributed by atoms with Crippen LogP contribution in [0, 0.1) is 0 Å². The molecule has 158 valence electrons. The summed E-state index contributed by atoms with van der Waals surface area (Å²) in [7, 11) is 0. The Hall–Kier alpha value is -4.08. The lowest BCUT2D eigenvalue weighted by molar-refractivity contribution is -0.139. The van der Waals surface area contributed by atoms with Crippen LogP contribution in [0.5, 0.6) is 11.5 Å². The highest BCUT2D eigenvalue weighted by Gasteiger charge is 2.20. The predicted octanol–water partition coefficient (Wildman–Crippen LogP) is 0.848. The number of nitrogens with two attached hydrogens (primary N) is 2. The summed E-state index contributed by atoms with van der Waals surface area (Å²) in [4.78, 5) is 39.5. The standard InChI is InChI=1S/C20H22N4O6/c21-20(22)23-11-1-2-16(18(27)28)24-17(26)12-5-9-15(10-6-12)30-19(29)13-3-7-14(25)8-4-13/h3-10,16,25H,1-2,11H2,(H,24,26)(H,27,28)(H4,21,22,23). The van der Waals surface area contributed by atoms with Crippen LogP contribution < -0.4 is 21.5 Å². The maximum Gasteiger partial charge on any atom is 0.343 e. The van der Waals surface area contributed by atoms with E-state index in [1.165, 1.54) is 48.5 Å². The predicted molar refractivity (Wildman–Crippen MR) is 108 cm³/mol. The number of carbonyl (C=O) groups excluding carboxylic acids is 2. The van der Waals surface area contributed by atoms with Crippen molar-refractivity contribution >= 4 is 23.8 Å². The van der Waals surface area contributed by atoms with E-state index in [-0.39, 0.29) is 41.6 Å². The summed E-state index contributed by atoms with van der Waals surface area (Å²) >= 11 is 0. The monoisotopic (exact) mass is 414 g/mol. The molecule has 0 fully saturated rings. The molecule has 0 aliphatic heterocycles. The van der Waals surface area contributed by atoms with E-state index in [2.05, 4.69) is 10.3 Å². The Balaban J connectivity index is 1.94. The molecule has 0 radical (unpaired) electrons. The first kappa shape index (κ1) is 22.2. The molecule has 1 atom stereocenters. The van der Waals surface area contributed by atoms with E-state index in [1.54, 1.807) is 0 Å². The van der Waals surface area contributed by atoms with Gasteiger partial charge in [0.05, 0.1) is 5.56 Å². The number of phenolic OH excluding ortho intramolecular Hbond substituents is 1.